The summed E-state index contributed by atoms with van der Waals surface area (Å²) in [4.78, 5) is 11.2. The Labute approximate surface area is 216 Å². The van der Waals surface area contributed by atoms with Gasteiger partial charge in [-0.15, -0.1) is 0 Å². The Morgan fingerprint density at radius 1 is 0.811 bits per heavy atom. The number of anilines is 2. The van der Waals surface area contributed by atoms with Gasteiger partial charge in [-0.05, 0) is 71.3 Å². The van der Waals surface area contributed by atoms with E-state index in [0.29, 0.717) is 5.75 Å². The van der Waals surface area contributed by atoms with Gasteiger partial charge in [0, 0.05) is 48.8 Å². The van der Waals surface area contributed by atoms with Crippen LogP contribution in [0.1, 0.15) is 5.56 Å². The third-order valence-corrected chi connectivity index (χ3v) is 6.52. The number of morpholine rings is 1. The molecule has 0 amide bonds. The Bertz CT molecular complexity index is 1480. The van der Waals surface area contributed by atoms with E-state index in [1.165, 1.54) is 11.1 Å². The standard InChI is InChI=1S/C31H28N4O2/c1-3-23(22-35-15-17-36-18-16-35)19-24(4-1)25-6-11-29-30(12-14-33-31(29)20-25)34-26-7-9-27(10-8-26)37-28-5-2-13-32-21-28/h1-14,19-21H,15-18,22H2,(H,33,34). The van der Waals surface area contributed by atoms with Crippen molar-refractivity contribution in [3.8, 4) is 22.6 Å². The third-order valence-electron chi connectivity index (χ3n) is 6.52. The van der Waals surface area contributed by atoms with Gasteiger partial charge in [-0.1, -0.05) is 30.3 Å². The first-order valence-corrected chi connectivity index (χ1v) is 12.5. The van der Waals surface area contributed by atoms with Crippen molar-refractivity contribution in [2.24, 2.45) is 0 Å². The molecule has 0 bridgehead atoms. The third kappa shape index (κ3) is 5.61. The molecule has 6 nitrogen and oxygen atoms in total. The van der Waals surface area contributed by atoms with E-state index in [1.54, 1.807) is 12.4 Å². The Balaban J connectivity index is 1.19. The number of nitrogens with one attached hydrogen (secondary N) is 1. The number of hydrogen-bond donors (Lipinski definition) is 1. The molecule has 5 aromatic rings. The van der Waals surface area contributed by atoms with Crippen molar-refractivity contribution in [3.05, 3.63) is 109 Å². The largest absolute Gasteiger partial charge is 0.456 e. The van der Waals surface area contributed by atoms with Gasteiger partial charge in [-0.2, -0.15) is 0 Å². The number of benzene rings is 3. The Morgan fingerprint density at radius 3 is 2.51 bits per heavy atom. The van der Waals surface area contributed by atoms with Crippen LogP contribution in [0.2, 0.25) is 0 Å². The van der Waals surface area contributed by atoms with Crippen LogP contribution in [0.3, 0.4) is 0 Å². The van der Waals surface area contributed by atoms with Gasteiger partial charge < -0.3 is 14.8 Å². The zero-order chi connectivity index (χ0) is 24.9. The number of hydrogen-bond acceptors (Lipinski definition) is 6. The summed E-state index contributed by atoms with van der Waals surface area (Å²) in [5.41, 5.74) is 6.64. The summed E-state index contributed by atoms with van der Waals surface area (Å²) in [6.45, 7) is 4.55. The van der Waals surface area contributed by atoms with E-state index >= 15 is 0 Å². The van der Waals surface area contributed by atoms with Gasteiger partial charge in [-0.25, -0.2) is 0 Å². The van der Waals surface area contributed by atoms with Crippen LogP contribution in [0.4, 0.5) is 11.4 Å². The van der Waals surface area contributed by atoms with Crippen molar-refractivity contribution in [1.82, 2.24) is 14.9 Å². The second-order valence-corrected chi connectivity index (χ2v) is 9.12. The van der Waals surface area contributed by atoms with E-state index < -0.39 is 0 Å². The lowest BCUT2D eigenvalue weighted by molar-refractivity contribution is 0.0342. The fraction of sp³-hybridized carbons (Fsp3) is 0.161. The molecule has 1 N–H and O–H groups in total. The van der Waals surface area contributed by atoms with E-state index in [1.807, 2.05) is 48.7 Å². The first-order valence-electron chi connectivity index (χ1n) is 12.5. The fourth-order valence-corrected chi connectivity index (χ4v) is 4.61. The quantitative estimate of drug-likeness (QED) is 0.276. The highest BCUT2D eigenvalue weighted by Gasteiger charge is 2.12. The number of fused-ring (bicyclic) bond motifs is 1. The van der Waals surface area contributed by atoms with E-state index in [9.17, 15) is 0 Å². The molecule has 1 fully saturated rings. The van der Waals surface area contributed by atoms with Crippen LogP contribution in [0, 0.1) is 0 Å². The van der Waals surface area contributed by atoms with Gasteiger partial charge in [0.2, 0.25) is 0 Å². The number of rotatable bonds is 7. The molecular formula is C31H28N4O2. The minimum atomic E-state index is 0.714. The maximum absolute atomic E-state index is 5.85. The lowest BCUT2D eigenvalue weighted by Gasteiger charge is -2.26. The monoisotopic (exact) mass is 488 g/mol. The predicted octanol–water partition coefficient (Wildman–Crippen LogP) is 6.66. The lowest BCUT2D eigenvalue weighted by Crippen LogP contribution is -2.35. The summed E-state index contributed by atoms with van der Waals surface area (Å²) in [7, 11) is 0. The molecule has 0 saturated carbocycles. The fourth-order valence-electron chi connectivity index (χ4n) is 4.61. The van der Waals surface area contributed by atoms with Crippen LogP contribution in [0.15, 0.2) is 104 Å². The molecule has 37 heavy (non-hydrogen) atoms. The number of pyridine rings is 2. The summed E-state index contributed by atoms with van der Waals surface area (Å²) in [5, 5.41) is 4.60. The van der Waals surface area contributed by atoms with E-state index in [0.717, 1.165) is 66.4 Å². The smallest absolute Gasteiger partial charge is 0.145 e. The maximum atomic E-state index is 5.85. The molecule has 0 unspecified atom stereocenters. The molecule has 3 heterocycles. The predicted molar refractivity (Wildman–Crippen MR) is 147 cm³/mol. The van der Waals surface area contributed by atoms with E-state index in [-0.39, 0.29) is 0 Å². The molecule has 1 aliphatic heterocycles. The van der Waals surface area contributed by atoms with Crippen molar-refractivity contribution < 1.29 is 9.47 Å². The highest BCUT2D eigenvalue weighted by atomic mass is 16.5. The Kier molecular flexibility index (Phi) is 6.75. The molecule has 1 saturated heterocycles. The summed E-state index contributed by atoms with van der Waals surface area (Å²) in [5.74, 6) is 1.48. The van der Waals surface area contributed by atoms with Crippen molar-refractivity contribution in [2.75, 3.05) is 31.6 Å². The van der Waals surface area contributed by atoms with E-state index in [2.05, 4.69) is 62.6 Å². The molecule has 6 rings (SSSR count). The SMILES string of the molecule is c1cncc(Oc2ccc(Nc3ccnc4cc(-c5cccc(CN6CCOCC6)c5)ccc34)cc2)c1. The molecule has 0 radical (unpaired) electrons. The van der Waals surface area contributed by atoms with Crippen LogP contribution in [-0.2, 0) is 11.3 Å². The molecule has 0 aliphatic carbocycles. The first-order chi connectivity index (χ1) is 18.3. The van der Waals surface area contributed by atoms with Gasteiger partial charge in [0.1, 0.15) is 11.5 Å². The van der Waals surface area contributed by atoms with E-state index in [4.69, 9.17) is 9.47 Å². The molecule has 2 aromatic heterocycles. The average Bonchev–Trinajstić information content (AvgIpc) is 2.95. The second-order valence-electron chi connectivity index (χ2n) is 9.12. The van der Waals surface area contributed by atoms with Crippen LogP contribution >= 0.6 is 0 Å². The molecule has 0 spiro atoms. The Hall–Kier alpha value is -4.26. The van der Waals surface area contributed by atoms with Gasteiger partial charge >= 0.3 is 0 Å². The number of ether oxygens (including phenoxy) is 2. The van der Waals surface area contributed by atoms with Crippen LogP contribution < -0.4 is 10.1 Å². The van der Waals surface area contributed by atoms with Gasteiger partial charge in [0.25, 0.3) is 0 Å². The van der Waals surface area contributed by atoms with Crippen LogP contribution in [0.5, 0.6) is 11.5 Å². The second kappa shape index (κ2) is 10.8. The molecule has 3 aromatic carbocycles. The minimum Gasteiger partial charge on any atom is -0.456 e. The highest BCUT2D eigenvalue weighted by Crippen LogP contribution is 2.31. The van der Waals surface area contributed by atoms with Gasteiger partial charge in [0.05, 0.1) is 24.9 Å². The van der Waals surface area contributed by atoms with Gasteiger partial charge in [0.15, 0.2) is 0 Å². The maximum Gasteiger partial charge on any atom is 0.145 e. The zero-order valence-electron chi connectivity index (χ0n) is 20.5. The Morgan fingerprint density at radius 2 is 1.68 bits per heavy atom. The molecule has 0 atom stereocenters. The molecule has 6 heteroatoms. The van der Waals surface area contributed by atoms with Crippen LogP contribution in [0.25, 0.3) is 22.0 Å². The highest BCUT2D eigenvalue weighted by molar-refractivity contribution is 5.95. The summed E-state index contributed by atoms with van der Waals surface area (Å²) in [6, 6.07) is 28.9. The molecule has 1 aliphatic rings. The summed E-state index contributed by atoms with van der Waals surface area (Å²) in [6.07, 6.45) is 5.28. The summed E-state index contributed by atoms with van der Waals surface area (Å²) < 4.78 is 11.3. The lowest BCUT2D eigenvalue weighted by atomic mass is 10.0. The zero-order valence-corrected chi connectivity index (χ0v) is 20.5. The topological polar surface area (TPSA) is 59.5 Å². The van der Waals surface area contributed by atoms with Crippen molar-refractivity contribution >= 4 is 22.3 Å². The molecule has 184 valence electrons. The molecular weight excluding hydrogens is 460 g/mol. The van der Waals surface area contributed by atoms with Crippen molar-refractivity contribution in [2.45, 2.75) is 6.54 Å². The number of nitrogens with zero attached hydrogens (tertiary/aromatic N) is 3. The normalized spacial score (nSPS) is 13.9. The van der Waals surface area contributed by atoms with Gasteiger partial charge in [-0.3, -0.25) is 14.9 Å². The number of aromatic nitrogens is 2. The van der Waals surface area contributed by atoms with Crippen molar-refractivity contribution in [3.63, 3.8) is 0 Å². The first kappa shape index (κ1) is 23.2. The average molecular weight is 489 g/mol. The minimum absolute atomic E-state index is 0.714. The van der Waals surface area contributed by atoms with Crippen LogP contribution in [-0.4, -0.2) is 41.2 Å². The van der Waals surface area contributed by atoms with Crippen molar-refractivity contribution in [1.29, 1.82) is 0 Å². The summed E-state index contributed by atoms with van der Waals surface area (Å²) >= 11 is 0.